The van der Waals surface area contributed by atoms with E-state index >= 15 is 0 Å². The summed E-state index contributed by atoms with van der Waals surface area (Å²) >= 11 is 1.51. The summed E-state index contributed by atoms with van der Waals surface area (Å²) in [7, 11) is -3.57. The topological polar surface area (TPSA) is 58.5 Å². The van der Waals surface area contributed by atoms with Crippen LogP contribution in [0.2, 0.25) is 0 Å². The lowest BCUT2D eigenvalue weighted by atomic mass is 10.3. The molecule has 0 unspecified atom stereocenters. The van der Waals surface area contributed by atoms with Gasteiger partial charge in [-0.05, 0) is 36.1 Å². The Labute approximate surface area is 110 Å². The Morgan fingerprint density at radius 3 is 2.56 bits per heavy atom. The lowest BCUT2D eigenvalue weighted by molar-refractivity contribution is 0.584. The molecule has 0 bridgehead atoms. The Morgan fingerprint density at radius 1 is 1.22 bits per heavy atom. The van der Waals surface area contributed by atoms with Gasteiger partial charge in [-0.25, -0.2) is 4.83 Å². The third-order valence-corrected chi connectivity index (χ3v) is 4.50. The van der Waals surface area contributed by atoms with Crippen LogP contribution in [0.3, 0.4) is 0 Å². The Bertz CT molecular complexity index is 646. The zero-order chi connectivity index (χ0) is 13.0. The zero-order valence-corrected chi connectivity index (χ0v) is 11.3. The fourth-order valence-electron chi connectivity index (χ4n) is 1.32. The fourth-order valence-corrected chi connectivity index (χ4v) is 2.92. The molecule has 0 saturated heterocycles. The van der Waals surface area contributed by atoms with E-state index in [0.717, 1.165) is 10.4 Å². The summed E-state index contributed by atoms with van der Waals surface area (Å²) in [5.41, 5.74) is 1.07. The number of thiophene rings is 1. The first-order valence-corrected chi connectivity index (χ1v) is 7.60. The van der Waals surface area contributed by atoms with Gasteiger partial charge < -0.3 is 0 Å². The van der Waals surface area contributed by atoms with Gasteiger partial charge in [0.15, 0.2) is 0 Å². The van der Waals surface area contributed by atoms with Crippen LogP contribution in [0.5, 0.6) is 0 Å². The summed E-state index contributed by atoms with van der Waals surface area (Å²) in [5, 5.41) is 5.70. The highest BCUT2D eigenvalue weighted by atomic mass is 32.2. The molecule has 0 spiro atoms. The van der Waals surface area contributed by atoms with Gasteiger partial charge in [-0.1, -0.05) is 18.2 Å². The van der Waals surface area contributed by atoms with Crippen LogP contribution in [0.4, 0.5) is 0 Å². The van der Waals surface area contributed by atoms with E-state index in [4.69, 9.17) is 0 Å². The highest BCUT2D eigenvalue weighted by molar-refractivity contribution is 7.89. The van der Waals surface area contributed by atoms with Crippen LogP contribution in [-0.4, -0.2) is 14.6 Å². The number of hydrazone groups is 1. The van der Waals surface area contributed by atoms with E-state index < -0.39 is 10.0 Å². The van der Waals surface area contributed by atoms with Crippen LogP contribution in [0.15, 0.2) is 51.8 Å². The molecule has 2 rings (SSSR count). The molecule has 18 heavy (non-hydrogen) atoms. The summed E-state index contributed by atoms with van der Waals surface area (Å²) in [4.78, 5) is 3.32. The third-order valence-electron chi connectivity index (χ3n) is 2.31. The van der Waals surface area contributed by atoms with Crippen molar-refractivity contribution in [3.8, 4) is 0 Å². The number of rotatable bonds is 4. The molecule has 0 fully saturated rings. The molecule has 6 heteroatoms. The van der Waals surface area contributed by atoms with Gasteiger partial charge in [0.25, 0.3) is 10.0 Å². The number of nitrogens with one attached hydrogen (secondary N) is 1. The molecule has 0 aliphatic rings. The molecular formula is C12H12N2O2S2. The minimum Gasteiger partial charge on any atom is -0.200 e. The Kier molecular flexibility index (Phi) is 3.78. The van der Waals surface area contributed by atoms with Crippen molar-refractivity contribution in [3.63, 3.8) is 0 Å². The number of nitrogens with zero attached hydrogens (tertiary/aromatic N) is 1. The predicted octanol–water partition coefficient (Wildman–Crippen LogP) is 2.37. The first kappa shape index (κ1) is 12.8. The maximum Gasteiger partial charge on any atom is 0.276 e. The maximum atomic E-state index is 11.8. The summed E-state index contributed by atoms with van der Waals surface area (Å²) in [6.45, 7) is 1.95. The van der Waals surface area contributed by atoms with E-state index in [1.807, 2.05) is 18.4 Å². The van der Waals surface area contributed by atoms with Crippen molar-refractivity contribution in [1.82, 2.24) is 4.83 Å². The van der Waals surface area contributed by atoms with E-state index in [-0.39, 0.29) is 4.90 Å². The smallest absolute Gasteiger partial charge is 0.200 e. The fraction of sp³-hybridized carbons (Fsp3) is 0.0833. The Hall–Kier alpha value is -1.66. The van der Waals surface area contributed by atoms with E-state index in [1.165, 1.54) is 29.7 Å². The van der Waals surface area contributed by atoms with Gasteiger partial charge in [-0.2, -0.15) is 13.5 Å². The minimum absolute atomic E-state index is 0.199. The molecule has 0 saturated carbocycles. The van der Waals surface area contributed by atoms with Gasteiger partial charge in [0.1, 0.15) is 0 Å². The van der Waals surface area contributed by atoms with Crippen molar-refractivity contribution in [1.29, 1.82) is 0 Å². The highest BCUT2D eigenvalue weighted by Crippen LogP contribution is 2.12. The number of aryl methyl sites for hydroxylation is 1. The van der Waals surface area contributed by atoms with Gasteiger partial charge >= 0.3 is 0 Å². The van der Waals surface area contributed by atoms with Crippen molar-refractivity contribution < 1.29 is 8.42 Å². The third kappa shape index (κ3) is 2.96. The average Bonchev–Trinajstić information content (AvgIpc) is 2.76. The lowest BCUT2D eigenvalue weighted by Crippen LogP contribution is -2.18. The molecule has 1 aromatic heterocycles. The van der Waals surface area contributed by atoms with E-state index in [9.17, 15) is 8.42 Å². The Balaban J connectivity index is 2.11. The van der Waals surface area contributed by atoms with Crippen LogP contribution >= 0.6 is 11.3 Å². The van der Waals surface area contributed by atoms with Crippen LogP contribution in [0.25, 0.3) is 0 Å². The molecule has 94 valence electrons. The predicted molar refractivity (Wildman–Crippen MR) is 73.4 cm³/mol. The van der Waals surface area contributed by atoms with Crippen LogP contribution < -0.4 is 4.83 Å². The van der Waals surface area contributed by atoms with E-state index in [2.05, 4.69) is 9.93 Å². The maximum absolute atomic E-state index is 11.8. The first-order chi connectivity index (χ1) is 8.59. The monoisotopic (exact) mass is 280 g/mol. The van der Waals surface area contributed by atoms with Crippen molar-refractivity contribution >= 4 is 27.6 Å². The van der Waals surface area contributed by atoms with E-state index in [0.29, 0.717) is 0 Å². The molecule has 0 amide bonds. The summed E-state index contributed by atoms with van der Waals surface area (Å²) in [6.07, 6.45) is 1.51. The first-order valence-electron chi connectivity index (χ1n) is 5.23. The van der Waals surface area contributed by atoms with Crippen molar-refractivity contribution in [3.05, 3.63) is 52.2 Å². The lowest BCUT2D eigenvalue weighted by Gasteiger charge is -2.01. The van der Waals surface area contributed by atoms with Gasteiger partial charge in [0.05, 0.1) is 16.0 Å². The molecule has 0 radical (unpaired) electrons. The minimum atomic E-state index is -3.57. The van der Waals surface area contributed by atoms with Crippen molar-refractivity contribution in [2.45, 2.75) is 11.8 Å². The molecule has 2 aromatic rings. The van der Waals surface area contributed by atoms with Gasteiger partial charge in [-0.15, -0.1) is 11.3 Å². The molecule has 4 nitrogen and oxygen atoms in total. The number of sulfonamides is 1. The van der Waals surface area contributed by atoms with Crippen molar-refractivity contribution in [2.24, 2.45) is 5.10 Å². The van der Waals surface area contributed by atoms with Crippen LogP contribution in [-0.2, 0) is 10.0 Å². The van der Waals surface area contributed by atoms with E-state index in [1.54, 1.807) is 18.2 Å². The second-order valence-electron chi connectivity index (χ2n) is 3.63. The zero-order valence-electron chi connectivity index (χ0n) is 9.70. The van der Waals surface area contributed by atoms with Crippen LogP contribution in [0.1, 0.15) is 10.4 Å². The second-order valence-corrected chi connectivity index (χ2v) is 6.24. The van der Waals surface area contributed by atoms with Crippen molar-refractivity contribution in [2.75, 3.05) is 0 Å². The quantitative estimate of drug-likeness (QED) is 0.690. The molecule has 0 atom stereocenters. The second kappa shape index (κ2) is 5.32. The molecule has 1 aromatic carbocycles. The molecule has 1 N–H and O–H groups in total. The molecule has 0 aliphatic carbocycles. The number of hydrogen-bond donors (Lipinski definition) is 1. The highest BCUT2D eigenvalue weighted by Gasteiger charge is 2.11. The largest absolute Gasteiger partial charge is 0.276 e. The molecule has 0 aliphatic heterocycles. The molecule has 1 heterocycles. The summed E-state index contributed by atoms with van der Waals surface area (Å²) < 4.78 is 23.6. The van der Waals surface area contributed by atoms with Gasteiger partial charge in [0, 0.05) is 0 Å². The number of hydrogen-bond acceptors (Lipinski definition) is 4. The summed E-state index contributed by atoms with van der Waals surface area (Å²) in [5.74, 6) is 0. The standard InChI is InChI=1S/C12H12N2O2S2/c1-10-7-8-17-12(10)9-13-14-18(15,16)11-5-3-2-4-6-11/h2-9,14H,1H3/b13-9+. The Morgan fingerprint density at radius 2 is 1.94 bits per heavy atom. The SMILES string of the molecule is Cc1ccsc1/C=N/NS(=O)(=O)c1ccccc1. The molecular weight excluding hydrogens is 268 g/mol. The average molecular weight is 280 g/mol. The number of benzene rings is 1. The summed E-state index contributed by atoms with van der Waals surface area (Å²) in [6, 6.07) is 10.1. The van der Waals surface area contributed by atoms with Gasteiger partial charge in [-0.3, -0.25) is 0 Å². The normalized spacial score (nSPS) is 11.8. The van der Waals surface area contributed by atoms with Gasteiger partial charge in [0.2, 0.25) is 0 Å². The van der Waals surface area contributed by atoms with Crippen LogP contribution in [0, 0.1) is 6.92 Å².